The fourth-order valence-corrected chi connectivity index (χ4v) is 3.09. The summed E-state index contributed by atoms with van der Waals surface area (Å²) in [5, 5.41) is 4.12. The molecule has 0 spiro atoms. The van der Waals surface area contributed by atoms with Crippen molar-refractivity contribution in [1.29, 1.82) is 0 Å². The maximum Gasteiger partial charge on any atom is 0.240 e. The molecule has 110 valence electrons. The van der Waals surface area contributed by atoms with Gasteiger partial charge in [0, 0.05) is 28.7 Å². The Labute approximate surface area is 127 Å². The summed E-state index contributed by atoms with van der Waals surface area (Å²) in [6.07, 6.45) is 6.15. The molecule has 0 radical (unpaired) electrons. The van der Waals surface area contributed by atoms with Crippen LogP contribution in [0.25, 0.3) is 10.9 Å². The van der Waals surface area contributed by atoms with Gasteiger partial charge in [-0.3, -0.25) is 9.59 Å². The van der Waals surface area contributed by atoms with Gasteiger partial charge in [-0.2, -0.15) is 0 Å². The molecule has 1 aliphatic rings. The van der Waals surface area contributed by atoms with Gasteiger partial charge in [-0.1, -0.05) is 24.4 Å². The average Bonchev–Trinajstić information content (AvgIpc) is 2.95. The summed E-state index contributed by atoms with van der Waals surface area (Å²) >= 11 is 5.93. The molecule has 0 atom stereocenters. The van der Waals surface area contributed by atoms with Gasteiger partial charge in [0.1, 0.15) is 6.54 Å². The molecule has 3 rings (SSSR count). The molecule has 1 aromatic heterocycles. The predicted octanol–water partition coefficient (Wildman–Crippen LogP) is 2.71. The molecule has 0 unspecified atom stereocenters. The van der Waals surface area contributed by atoms with Gasteiger partial charge < -0.3 is 9.88 Å². The average molecular weight is 305 g/mol. The zero-order valence-electron chi connectivity index (χ0n) is 11.6. The Morgan fingerprint density at radius 1 is 1.29 bits per heavy atom. The van der Waals surface area contributed by atoms with Crippen LogP contribution in [0.3, 0.4) is 0 Å². The Morgan fingerprint density at radius 2 is 2.05 bits per heavy atom. The van der Waals surface area contributed by atoms with Crippen LogP contribution in [-0.2, 0) is 11.3 Å². The highest BCUT2D eigenvalue weighted by Gasteiger charge is 2.17. The Hall–Kier alpha value is -1.81. The zero-order chi connectivity index (χ0) is 14.8. The van der Waals surface area contributed by atoms with E-state index in [2.05, 4.69) is 5.32 Å². The molecule has 0 bridgehead atoms. The Bertz CT molecular complexity index is 733. The molecule has 1 saturated carbocycles. The molecule has 0 saturated heterocycles. The van der Waals surface area contributed by atoms with Gasteiger partial charge in [-0.25, -0.2) is 0 Å². The number of hydrogen-bond acceptors (Lipinski definition) is 2. The summed E-state index contributed by atoms with van der Waals surface area (Å²) in [4.78, 5) is 24.0. The van der Waals surface area contributed by atoms with Gasteiger partial charge in [0.15, 0.2) is 5.43 Å². The number of nitrogens with one attached hydrogen (secondary N) is 1. The quantitative estimate of drug-likeness (QED) is 0.948. The van der Waals surface area contributed by atoms with Crippen LogP contribution >= 0.6 is 11.6 Å². The number of aromatic nitrogens is 1. The minimum atomic E-state index is -0.0834. The molecule has 5 heteroatoms. The lowest BCUT2D eigenvalue weighted by molar-refractivity contribution is -0.122. The van der Waals surface area contributed by atoms with E-state index in [1.165, 1.54) is 18.9 Å². The molecular weight excluding hydrogens is 288 g/mol. The van der Waals surface area contributed by atoms with E-state index in [1.54, 1.807) is 29.0 Å². The summed E-state index contributed by atoms with van der Waals surface area (Å²) in [5.74, 6) is -0.0122. The molecule has 21 heavy (non-hydrogen) atoms. The number of amides is 1. The first-order chi connectivity index (χ1) is 10.1. The molecule has 2 aromatic rings. The third-order valence-electron chi connectivity index (χ3n) is 3.97. The Kier molecular flexibility index (Phi) is 3.97. The summed E-state index contributed by atoms with van der Waals surface area (Å²) in [7, 11) is 0. The summed E-state index contributed by atoms with van der Waals surface area (Å²) in [5.41, 5.74) is 0.647. The lowest BCUT2D eigenvalue weighted by Gasteiger charge is -2.14. The van der Waals surface area contributed by atoms with Crippen molar-refractivity contribution in [2.24, 2.45) is 0 Å². The third-order valence-corrected chi connectivity index (χ3v) is 4.21. The SMILES string of the molecule is O=C(Cn1ccc(=O)c2cc(Cl)ccc21)NC1CCCC1. The van der Waals surface area contributed by atoms with Crippen molar-refractivity contribution in [1.82, 2.24) is 9.88 Å². The maximum absolute atomic E-state index is 12.1. The van der Waals surface area contributed by atoms with E-state index >= 15 is 0 Å². The number of nitrogens with zero attached hydrogens (tertiary/aromatic N) is 1. The molecule has 0 aliphatic heterocycles. The van der Waals surface area contributed by atoms with Gasteiger partial charge in [-0.05, 0) is 31.0 Å². The van der Waals surface area contributed by atoms with E-state index in [0.29, 0.717) is 16.5 Å². The van der Waals surface area contributed by atoms with Crippen molar-refractivity contribution in [2.45, 2.75) is 38.3 Å². The molecule has 1 aliphatic carbocycles. The van der Waals surface area contributed by atoms with Crippen LogP contribution in [0, 0.1) is 0 Å². The topological polar surface area (TPSA) is 51.1 Å². The van der Waals surface area contributed by atoms with Crippen LogP contribution in [0.2, 0.25) is 5.02 Å². The molecular formula is C16H17ClN2O2. The number of halogens is 1. The van der Waals surface area contributed by atoms with Crippen molar-refractivity contribution in [2.75, 3.05) is 0 Å². The third kappa shape index (κ3) is 3.10. The molecule has 1 fully saturated rings. The van der Waals surface area contributed by atoms with Crippen LogP contribution in [-0.4, -0.2) is 16.5 Å². The fourth-order valence-electron chi connectivity index (χ4n) is 2.92. The van der Waals surface area contributed by atoms with Crippen molar-refractivity contribution in [3.63, 3.8) is 0 Å². The number of carbonyl (C=O) groups excluding carboxylic acids is 1. The van der Waals surface area contributed by atoms with E-state index in [-0.39, 0.29) is 17.9 Å². The minimum absolute atomic E-state index is 0.0122. The van der Waals surface area contributed by atoms with Crippen LogP contribution in [0.4, 0.5) is 0 Å². The van der Waals surface area contributed by atoms with Crippen molar-refractivity contribution in [3.05, 3.63) is 45.7 Å². The highest BCUT2D eigenvalue weighted by Crippen LogP contribution is 2.18. The first-order valence-corrected chi connectivity index (χ1v) is 7.59. The van der Waals surface area contributed by atoms with Gasteiger partial charge in [0.25, 0.3) is 0 Å². The molecule has 4 nitrogen and oxygen atoms in total. The second-order valence-electron chi connectivity index (χ2n) is 5.52. The van der Waals surface area contributed by atoms with Gasteiger partial charge in [0.05, 0.1) is 5.52 Å². The summed E-state index contributed by atoms with van der Waals surface area (Å²) < 4.78 is 1.79. The van der Waals surface area contributed by atoms with Gasteiger partial charge >= 0.3 is 0 Å². The number of carbonyl (C=O) groups is 1. The van der Waals surface area contributed by atoms with Crippen LogP contribution in [0.15, 0.2) is 35.3 Å². The monoisotopic (exact) mass is 304 g/mol. The number of fused-ring (bicyclic) bond motifs is 1. The first kappa shape index (κ1) is 14.1. The van der Waals surface area contributed by atoms with E-state index in [1.807, 2.05) is 0 Å². The first-order valence-electron chi connectivity index (χ1n) is 7.21. The fraction of sp³-hybridized carbons (Fsp3) is 0.375. The van der Waals surface area contributed by atoms with E-state index in [0.717, 1.165) is 18.4 Å². The second-order valence-corrected chi connectivity index (χ2v) is 5.95. The van der Waals surface area contributed by atoms with Gasteiger partial charge in [0.2, 0.25) is 5.91 Å². The van der Waals surface area contributed by atoms with Crippen molar-refractivity contribution in [3.8, 4) is 0 Å². The van der Waals surface area contributed by atoms with Crippen molar-refractivity contribution < 1.29 is 4.79 Å². The largest absolute Gasteiger partial charge is 0.352 e. The van der Waals surface area contributed by atoms with Gasteiger partial charge in [-0.15, -0.1) is 0 Å². The standard InChI is InChI=1S/C16H17ClN2O2/c17-11-5-6-14-13(9-11)15(20)7-8-19(14)10-16(21)18-12-3-1-2-4-12/h5-9,12H,1-4,10H2,(H,18,21). The molecule has 1 N–H and O–H groups in total. The van der Waals surface area contributed by atoms with E-state index in [4.69, 9.17) is 11.6 Å². The highest BCUT2D eigenvalue weighted by molar-refractivity contribution is 6.31. The molecule has 1 aromatic carbocycles. The number of rotatable bonds is 3. The normalized spacial score (nSPS) is 15.5. The summed E-state index contributed by atoms with van der Waals surface area (Å²) in [6, 6.07) is 6.93. The minimum Gasteiger partial charge on any atom is -0.352 e. The highest BCUT2D eigenvalue weighted by atomic mass is 35.5. The Morgan fingerprint density at radius 3 is 2.81 bits per heavy atom. The lowest BCUT2D eigenvalue weighted by atomic mass is 10.2. The van der Waals surface area contributed by atoms with Crippen LogP contribution in [0.5, 0.6) is 0 Å². The molecule has 1 amide bonds. The predicted molar refractivity (Wildman–Crippen MR) is 83.6 cm³/mol. The van der Waals surface area contributed by atoms with E-state index < -0.39 is 0 Å². The zero-order valence-corrected chi connectivity index (χ0v) is 12.4. The smallest absolute Gasteiger partial charge is 0.240 e. The van der Waals surface area contributed by atoms with Crippen LogP contribution in [0.1, 0.15) is 25.7 Å². The second kappa shape index (κ2) is 5.90. The Balaban J connectivity index is 1.85. The summed E-state index contributed by atoms with van der Waals surface area (Å²) in [6.45, 7) is 0.217. The number of pyridine rings is 1. The van der Waals surface area contributed by atoms with Crippen molar-refractivity contribution >= 4 is 28.4 Å². The number of benzene rings is 1. The maximum atomic E-state index is 12.1. The van der Waals surface area contributed by atoms with E-state index in [9.17, 15) is 9.59 Å². The number of hydrogen-bond donors (Lipinski definition) is 1. The lowest BCUT2D eigenvalue weighted by Crippen LogP contribution is -2.35. The van der Waals surface area contributed by atoms with Crippen LogP contribution < -0.4 is 10.7 Å². The molecule has 1 heterocycles.